The van der Waals surface area contributed by atoms with Gasteiger partial charge in [-0.2, -0.15) is 0 Å². The highest BCUT2D eigenvalue weighted by Gasteiger charge is 2.50. The Balaban J connectivity index is 2.44. The number of benzene rings is 1. The zero-order chi connectivity index (χ0) is 12.7. The van der Waals surface area contributed by atoms with Gasteiger partial charge in [0.1, 0.15) is 0 Å². The third-order valence-corrected chi connectivity index (χ3v) is 3.74. The molecule has 2 rings (SSSR count). The molecule has 17 heavy (non-hydrogen) atoms. The molecule has 92 valence electrons. The lowest BCUT2D eigenvalue weighted by atomic mass is 10.1. The molecule has 7 heteroatoms. The fourth-order valence-electron chi connectivity index (χ4n) is 1.58. The highest BCUT2D eigenvalue weighted by molar-refractivity contribution is 7.53. The number of aliphatic hydroxyl groups is 1. The van der Waals surface area contributed by atoms with E-state index in [1.54, 1.807) is 18.2 Å². The average Bonchev–Trinajstić information content (AvgIpc) is 2.51. The Kier molecular flexibility index (Phi) is 2.83. The lowest BCUT2D eigenvalue weighted by Crippen LogP contribution is -2.36. The smallest absolute Gasteiger partial charge is 0.330 e. The normalized spacial score (nSPS) is 26.2. The lowest BCUT2D eigenvalue weighted by Gasteiger charge is -2.24. The van der Waals surface area contributed by atoms with Crippen LogP contribution in [0.25, 0.3) is 0 Å². The zero-order valence-electron chi connectivity index (χ0n) is 9.34. The maximum absolute atomic E-state index is 11.7. The molecule has 6 nitrogen and oxygen atoms in total. The number of anilines is 1. The fraction of sp³-hybridized carbons (Fsp3) is 0.300. The molecule has 0 aliphatic carbocycles. The standard InChI is InChI=1S/C10H12NO5P/c1-15-17(2,14)16-10(13)7-5-3-4-6-8(7)11-9(10)12/h3-6,13H,1-2H3,(H,11,12)/t10-,17+/m1/s1. The van der Waals surface area contributed by atoms with Crippen LogP contribution in [0.15, 0.2) is 24.3 Å². The molecule has 0 saturated heterocycles. The number of carbonyl (C=O) groups is 1. The van der Waals surface area contributed by atoms with Crippen LogP contribution in [0.5, 0.6) is 0 Å². The highest BCUT2D eigenvalue weighted by Crippen LogP contribution is 2.51. The Hall–Kier alpha value is -1.20. The van der Waals surface area contributed by atoms with E-state index >= 15 is 0 Å². The first kappa shape index (κ1) is 12.3. The first-order chi connectivity index (χ1) is 7.89. The summed E-state index contributed by atoms with van der Waals surface area (Å²) in [6.07, 6.45) is 0. The maximum atomic E-state index is 11.7. The number of rotatable bonds is 3. The van der Waals surface area contributed by atoms with Gasteiger partial charge in [0.25, 0.3) is 11.7 Å². The van der Waals surface area contributed by atoms with Crippen molar-refractivity contribution in [3.8, 4) is 0 Å². The van der Waals surface area contributed by atoms with Crippen molar-refractivity contribution in [3.05, 3.63) is 29.8 Å². The second kappa shape index (κ2) is 3.92. The minimum absolute atomic E-state index is 0.226. The third kappa shape index (κ3) is 2.00. The summed E-state index contributed by atoms with van der Waals surface area (Å²) in [6.45, 7) is 1.18. The van der Waals surface area contributed by atoms with Crippen molar-refractivity contribution in [3.63, 3.8) is 0 Å². The van der Waals surface area contributed by atoms with Gasteiger partial charge >= 0.3 is 7.60 Å². The highest BCUT2D eigenvalue weighted by atomic mass is 31.2. The monoisotopic (exact) mass is 257 g/mol. The van der Waals surface area contributed by atoms with Gasteiger partial charge in [-0.25, -0.2) is 0 Å². The van der Waals surface area contributed by atoms with E-state index in [2.05, 4.69) is 9.84 Å². The summed E-state index contributed by atoms with van der Waals surface area (Å²) in [4.78, 5) is 11.7. The minimum Gasteiger partial charge on any atom is -0.354 e. The number of hydrogen-bond acceptors (Lipinski definition) is 5. The predicted octanol–water partition coefficient (Wildman–Crippen LogP) is 1.27. The molecule has 0 bridgehead atoms. The van der Waals surface area contributed by atoms with Crippen LogP contribution in [-0.2, 0) is 24.2 Å². The van der Waals surface area contributed by atoms with Gasteiger partial charge in [-0.05, 0) is 6.07 Å². The lowest BCUT2D eigenvalue weighted by molar-refractivity contribution is -0.172. The topological polar surface area (TPSA) is 84.9 Å². The predicted molar refractivity (Wildman–Crippen MR) is 60.6 cm³/mol. The Bertz CT molecular complexity index is 517. The molecule has 0 unspecified atom stereocenters. The van der Waals surface area contributed by atoms with Gasteiger partial charge in [-0.3, -0.25) is 13.9 Å². The second-order valence-electron chi connectivity index (χ2n) is 3.69. The van der Waals surface area contributed by atoms with E-state index in [0.717, 1.165) is 0 Å². The van der Waals surface area contributed by atoms with Gasteiger partial charge in [0, 0.05) is 19.3 Å². The van der Waals surface area contributed by atoms with E-state index in [0.29, 0.717) is 5.69 Å². The molecule has 0 spiro atoms. The number of fused-ring (bicyclic) bond motifs is 1. The van der Waals surface area contributed by atoms with E-state index < -0.39 is 19.3 Å². The van der Waals surface area contributed by atoms with Crippen LogP contribution in [0.3, 0.4) is 0 Å². The average molecular weight is 257 g/mol. The third-order valence-electron chi connectivity index (χ3n) is 2.48. The van der Waals surface area contributed by atoms with Gasteiger partial charge in [-0.15, -0.1) is 0 Å². The van der Waals surface area contributed by atoms with E-state index in [-0.39, 0.29) is 5.56 Å². The van der Waals surface area contributed by atoms with Gasteiger partial charge in [0.15, 0.2) is 0 Å². The molecular formula is C10H12NO5P. The summed E-state index contributed by atoms with van der Waals surface area (Å²) in [6, 6.07) is 6.47. The molecule has 2 atom stereocenters. The number of para-hydroxylation sites is 1. The van der Waals surface area contributed by atoms with Crippen molar-refractivity contribution < 1.29 is 23.5 Å². The molecule has 1 amide bonds. The van der Waals surface area contributed by atoms with Crippen molar-refractivity contribution in [2.75, 3.05) is 19.1 Å². The second-order valence-corrected chi connectivity index (χ2v) is 5.78. The van der Waals surface area contributed by atoms with Crippen molar-refractivity contribution in [2.24, 2.45) is 0 Å². The van der Waals surface area contributed by atoms with Gasteiger partial charge in [0.05, 0.1) is 5.69 Å². The molecule has 1 aliphatic rings. The molecule has 1 heterocycles. The van der Waals surface area contributed by atoms with E-state index in [1.807, 2.05) is 0 Å². The fourth-order valence-corrected chi connectivity index (χ4v) is 2.32. The number of hydrogen-bond donors (Lipinski definition) is 2. The van der Waals surface area contributed by atoms with Crippen LogP contribution in [0.2, 0.25) is 0 Å². The molecule has 1 aromatic carbocycles. The molecule has 1 aromatic rings. The van der Waals surface area contributed by atoms with Gasteiger partial charge in [0.2, 0.25) is 0 Å². The maximum Gasteiger partial charge on any atom is 0.330 e. The van der Waals surface area contributed by atoms with Gasteiger partial charge < -0.3 is 14.9 Å². The Morgan fingerprint density at radius 1 is 1.41 bits per heavy atom. The van der Waals surface area contributed by atoms with Crippen LogP contribution < -0.4 is 5.32 Å². The number of carbonyl (C=O) groups excluding carboxylic acids is 1. The first-order valence-corrected chi connectivity index (χ1v) is 6.85. The van der Waals surface area contributed by atoms with Crippen LogP contribution in [0.4, 0.5) is 5.69 Å². The van der Waals surface area contributed by atoms with Crippen LogP contribution in [-0.4, -0.2) is 24.8 Å². The number of amides is 1. The summed E-state index contributed by atoms with van der Waals surface area (Å²) in [5.74, 6) is -3.05. The molecule has 0 aromatic heterocycles. The Morgan fingerprint density at radius 2 is 2.06 bits per heavy atom. The molecule has 0 radical (unpaired) electrons. The van der Waals surface area contributed by atoms with Crippen LogP contribution >= 0.6 is 7.60 Å². The molecule has 0 fully saturated rings. The van der Waals surface area contributed by atoms with Crippen molar-refractivity contribution in [2.45, 2.75) is 5.79 Å². The SMILES string of the molecule is CO[P@](C)(=O)O[C@@]1(O)C(=O)Nc2ccccc21. The summed E-state index contributed by atoms with van der Waals surface area (Å²) < 4.78 is 21.3. The van der Waals surface area contributed by atoms with Crippen LogP contribution in [0.1, 0.15) is 5.56 Å². The summed E-state index contributed by atoms with van der Waals surface area (Å²) in [5.41, 5.74) is 0.653. The minimum atomic E-state index is -3.49. The Morgan fingerprint density at radius 3 is 2.71 bits per heavy atom. The Labute approximate surface area is 98.1 Å². The molecule has 0 saturated carbocycles. The molecule has 2 N–H and O–H groups in total. The van der Waals surface area contributed by atoms with E-state index in [4.69, 9.17) is 4.52 Å². The van der Waals surface area contributed by atoms with E-state index in [9.17, 15) is 14.5 Å². The van der Waals surface area contributed by atoms with Crippen molar-refractivity contribution in [1.29, 1.82) is 0 Å². The van der Waals surface area contributed by atoms with E-state index in [1.165, 1.54) is 19.8 Å². The number of nitrogens with one attached hydrogen (secondary N) is 1. The largest absolute Gasteiger partial charge is 0.354 e. The summed E-state index contributed by atoms with van der Waals surface area (Å²) >= 11 is 0. The van der Waals surface area contributed by atoms with Gasteiger partial charge in [-0.1, -0.05) is 18.2 Å². The molecule has 1 aliphatic heterocycles. The quantitative estimate of drug-likeness (QED) is 0.629. The first-order valence-electron chi connectivity index (χ1n) is 4.86. The summed E-state index contributed by atoms with van der Waals surface area (Å²) in [7, 11) is -2.31. The summed E-state index contributed by atoms with van der Waals surface area (Å²) in [5, 5.41) is 12.6. The van der Waals surface area contributed by atoms with Crippen LogP contribution in [0, 0.1) is 0 Å². The van der Waals surface area contributed by atoms with Crippen molar-refractivity contribution >= 4 is 19.2 Å². The molecular weight excluding hydrogens is 245 g/mol. The zero-order valence-corrected chi connectivity index (χ0v) is 10.2. The van der Waals surface area contributed by atoms with Crippen molar-refractivity contribution in [1.82, 2.24) is 0 Å².